The number of carbonyl (C=O) groups is 1. The van der Waals surface area contributed by atoms with E-state index in [1.807, 2.05) is 0 Å². The van der Waals surface area contributed by atoms with Gasteiger partial charge in [0.2, 0.25) is 0 Å². The highest BCUT2D eigenvalue weighted by atomic mass is 19.4. The summed E-state index contributed by atoms with van der Waals surface area (Å²) in [5, 5.41) is 1.61. The number of ether oxygens (including phenoxy) is 1. The molecule has 1 N–H and O–H groups in total. The molecule has 212 valence electrons. The monoisotopic (exact) mass is 569 g/mol. The lowest BCUT2D eigenvalue weighted by molar-refractivity contribution is -0.179. The predicted molar refractivity (Wildman–Crippen MR) is 130 cm³/mol. The van der Waals surface area contributed by atoms with Gasteiger partial charge < -0.3 is 19.4 Å². The molecule has 0 bridgehead atoms. The first-order chi connectivity index (χ1) is 18.8. The number of nitrogens with one attached hydrogen (secondary N) is 1. The van der Waals surface area contributed by atoms with E-state index in [4.69, 9.17) is 4.74 Å². The molecule has 0 spiro atoms. The smallest absolute Gasteiger partial charge is 0.413 e. The van der Waals surface area contributed by atoms with Crippen LogP contribution in [0.2, 0.25) is 0 Å². The van der Waals surface area contributed by atoms with E-state index in [-0.39, 0.29) is 22.0 Å². The van der Waals surface area contributed by atoms with E-state index in [9.17, 15) is 35.5 Å². The maximum absolute atomic E-state index is 14.4. The summed E-state index contributed by atoms with van der Waals surface area (Å²) in [6, 6.07) is 1.43. The quantitative estimate of drug-likeness (QED) is 0.259. The highest BCUT2D eigenvalue weighted by Gasteiger charge is 2.48. The Morgan fingerprint density at radius 3 is 2.38 bits per heavy atom. The Balaban J connectivity index is 1.72. The molecule has 4 aromatic rings. The Hall–Kier alpha value is -4.36. The second-order valence-corrected chi connectivity index (χ2v) is 8.63. The van der Waals surface area contributed by atoms with Crippen LogP contribution < -0.4 is 10.1 Å². The average molecular weight is 569 g/mol. The van der Waals surface area contributed by atoms with Gasteiger partial charge in [-0.15, -0.1) is 0 Å². The van der Waals surface area contributed by atoms with Gasteiger partial charge in [0.05, 0.1) is 12.8 Å². The van der Waals surface area contributed by atoms with Crippen molar-refractivity contribution in [1.82, 2.24) is 24.6 Å². The first-order valence-corrected chi connectivity index (χ1v) is 11.8. The van der Waals surface area contributed by atoms with Crippen molar-refractivity contribution in [3.05, 3.63) is 84.1 Å². The van der Waals surface area contributed by atoms with Gasteiger partial charge >= 0.3 is 18.4 Å². The largest absolute Gasteiger partial charge is 0.478 e. The molecule has 0 aliphatic rings. The second kappa shape index (κ2) is 11.0. The number of fused-ring (bicyclic) bond motifs is 1. The minimum Gasteiger partial charge on any atom is -0.478 e. The van der Waals surface area contributed by atoms with E-state index in [1.165, 1.54) is 38.6 Å². The van der Waals surface area contributed by atoms with Gasteiger partial charge in [0, 0.05) is 30.7 Å². The fourth-order valence-corrected chi connectivity index (χ4v) is 4.28. The molecule has 7 nitrogen and oxygen atoms in total. The molecule has 2 aromatic heterocycles. The van der Waals surface area contributed by atoms with Crippen molar-refractivity contribution in [2.24, 2.45) is 0 Å². The van der Waals surface area contributed by atoms with Crippen LogP contribution in [0.3, 0.4) is 0 Å². The number of alkyl halides is 6. The molecule has 1 unspecified atom stereocenters. The van der Waals surface area contributed by atoms with Crippen LogP contribution in [0.15, 0.2) is 67.1 Å². The van der Waals surface area contributed by atoms with Gasteiger partial charge in [0.25, 0.3) is 5.88 Å². The van der Waals surface area contributed by atoms with Crippen molar-refractivity contribution in [3.63, 3.8) is 0 Å². The van der Waals surface area contributed by atoms with Crippen molar-refractivity contribution in [3.8, 4) is 17.1 Å². The van der Waals surface area contributed by atoms with Crippen LogP contribution >= 0.6 is 0 Å². The lowest BCUT2D eigenvalue weighted by Gasteiger charge is -2.34. The van der Waals surface area contributed by atoms with E-state index in [0.29, 0.717) is 11.7 Å². The number of imidazole rings is 1. The number of aromatic nitrogens is 3. The molecule has 2 atom stereocenters. The first-order valence-electron chi connectivity index (χ1n) is 11.8. The number of hydrogen-bond donors (Lipinski definition) is 1. The molecule has 0 aliphatic carbocycles. The van der Waals surface area contributed by atoms with Crippen LogP contribution in [0.25, 0.3) is 16.9 Å². The molecule has 4 rings (SSSR count). The number of halogens is 7. The molecule has 0 aliphatic heterocycles. The first kappa shape index (κ1) is 28.6. The average Bonchev–Trinajstić information content (AvgIpc) is 3.37. The van der Waals surface area contributed by atoms with Crippen LogP contribution in [0, 0.1) is 5.82 Å². The molecule has 0 saturated heterocycles. The summed E-state index contributed by atoms with van der Waals surface area (Å²) in [5.74, 6) is -0.886. The van der Waals surface area contributed by atoms with Gasteiger partial charge in [0.15, 0.2) is 17.7 Å². The fourth-order valence-electron chi connectivity index (χ4n) is 4.28. The maximum Gasteiger partial charge on any atom is 0.413 e. The summed E-state index contributed by atoms with van der Waals surface area (Å²) in [4.78, 5) is 21.6. The summed E-state index contributed by atoms with van der Waals surface area (Å²) in [7, 11) is 1.35. The molecule has 0 saturated carbocycles. The third kappa shape index (κ3) is 5.95. The number of benzene rings is 2. The molecule has 0 fully saturated rings. The molecule has 14 heteroatoms. The lowest BCUT2D eigenvalue weighted by atomic mass is 10.0. The standard InChI is InChI=1S/C26H22F7N5O2/c1-3-38(24(39)36-20(25(28,29)30)16-7-5-9-18(27)13-16)21(26(31,32)33)17-8-4-6-15(12-17)19-14-37-11-10-34-22(37)23(35-19)40-2/h4-14,20-21H,3H2,1-2H3,(H,36,39)/t20?,21-/m0/s1. The molecule has 2 aromatic carbocycles. The number of nitrogens with zero attached hydrogens (tertiary/aromatic N) is 4. The normalized spacial score (nSPS) is 13.6. The Labute approximate surface area is 223 Å². The number of carbonyl (C=O) groups excluding carboxylic acids is 1. The fraction of sp³-hybridized carbons (Fsp3) is 0.269. The summed E-state index contributed by atoms with van der Waals surface area (Å²) < 4.78 is 105. The van der Waals surface area contributed by atoms with Crippen molar-refractivity contribution >= 4 is 11.7 Å². The third-order valence-electron chi connectivity index (χ3n) is 6.04. The van der Waals surface area contributed by atoms with Crippen LogP contribution in [0.5, 0.6) is 5.88 Å². The lowest BCUT2D eigenvalue weighted by Crippen LogP contribution is -2.50. The minimum absolute atomic E-state index is 0.116. The maximum atomic E-state index is 14.4. The third-order valence-corrected chi connectivity index (χ3v) is 6.04. The van der Waals surface area contributed by atoms with Crippen molar-refractivity contribution in [2.45, 2.75) is 31.4 Å². The Bertz CT molecular complexity index is 1500. The summed E-state index contributed by atoms with van der Waals surface area (Å²) in [6.07, 6.45) is -5.60. The SMILES string of the molecule is CCN(C(=O)NC(c1cccc(F)c1)C(F)(F)F)[C@@H](c1cccc(-c2cn3ccnc3c(OC)n2)c1)C(F)(F)F. The predicted octanol–water partition coefficient (Wildman–Crippen LogP) is 6.48. The molecular weight excluding hydrogens is 547 g/mol. The van der Waals surface area contributed by atoms with Gasteiger partial charge in [-0.05, 0) is 36.2 Å². The molecule has 2 heterocycles. The summed E-state index contributed by atoms with van der Waals surface area (Å²) in [5.41, 5.74) is -0.256. The van der Waals surface area contributed by atoms with Gasteiger partial charge in [-0.25, -0.2) is 19.2 Å². The van der Waals surface area contributed by atoms with Crippen molar-refractivity contribution in [1.29, 1.82) is 0 Å². The van der Waals surface area contributed by atoms with E-state index < -0.39 is 54.0 Å². The second-order valence-electron chi connectivity index (χ2n) is 8.63. The minimum atomic E-state index is -5.12. The number of amides is 2. The van der Waals surface area contributed by atoms with E-state index in [2.05, 4.69) is 9.97 Å². The van der Waals surface area contributed by atoms with Crippen molar-refractivity contribution < 1.29 is 40.3 Å². The van der Waals surface area contributed by atoms with Gasteiger partial charge in [-0.3, -0.25) is 0 Å². The van der Waals surface area contributed by atoms with Gasteiger partial charge in [-0.2, -0.15) is 26.3 Å². The Morgan fingerprint density at radius 2 is 1.75 bits per heavy atom. The number of hydrogen-bond acceptors (Lipinski definition) is 4. The zero-order valence-corrected chi connectivity index (χ0v) is 21.0. The molecular formula is C26H22F7N5O2. The molecule has 40 heavy (non-hydrogen) atoms. The van der Waals surface area contributed by atoms with Crippen LogP contribution in [-0.4, -0.2) is 51.3 Å². The summed E-state index contributed by atoms with van der Waals surface area (Å²) in [6.45, 7) is 0.605. The zero-order chi connectivity index (χ0) is 29.2. The van der Waals surface area contributed by atoms with Crippen LogP contribution in [0.1, 0.15) is 30.1 Å². The van der Waals surface area contributed by atoms with E-state index >= 15 is 0 Å². The Morgan fingerprint density at radius 1 is 1.05 bits per heavy atom. The zero-order valence-electron chi connectivity index (χ0n) is 21.0. The van der Waals surface area contributed by atoms with Crippen LogP contribution in [-0.2, 0) is 0 Å². The Kier molecular flexibility index (Phi) is 7.89. The van der Waals surface area contributed by atoms with Crippen molar-refractivity contribution in [2.75, 3.05) is 13.7 Å². The molecule has 0 radical (unpaired) electrons. The summed E-state index contributed by atoms with van der Waals surface area (Å²) >= 11 is 0. The van der Waals surface area contributed by atoms with Gasteiger partial charge in [0.1, 0.15) is 5.82 Å². The van der Waals surface area contributed by atoms with E-state index in [0.717, 1.165) is 30.3 Å². The molecule has 2 amide bonds. The highest BCUT2D eigenvalue weighted by Crippen LogP contribution is 2.40. The van der Waals surface area contributed by atoms with Gasteiger partial charge in [-0.1, -0.05) is 30.3 Å². The topological polar surface area (TPSA) is 71.8 Å². The highest BCUT2D eigenvalue weighted by molar-refractivity contribution is 5.76. The van der Waals surface area contributed by atoms with E-state index in [1.54, 1.807) is 15.9 Å². The number of methoxy groups -OCH3 is 1. The number of rotatable bonds is 7. The van der Waals surface area contributed by atoms with Crippen LogP contribution in [0.4, 0.5) is 35.5 Å². The number of urea groups is 1.